The van der Waals surface area contributed by atoms with Crippen LogP contribution in [0.4, 0.5) is 0 Å². The highest BCUT2D eigenvalue weighted by Crippen LogP contribution is 2.52. The van der Waals surface area contributed by atoms with Gasteiger partial charge in [-0.25, -0.2) is 4.57 Å². The summed E-state index contributed by atoms with van der Waals surface area (Å²) in [6.45, 7) is -3.24. The van der Waals surface area contributed by atoms with Crippen LogP contribution in [-0.4, -0.2) is 18.3 Å². The largest absolute Gasteiger partial charge is 0.386 e. The molecule has 0 aliphatic rings. The molecule has 0 aliphatic heterocycles. The average Bonchev–Trinajstić information content (AvgIpc) is 1.68. The zero-order valence-corrected chi connectivity index (χ0v) is 5.83. The third-order valence-electron chi connectivity index (χ3n) is 0.461. The fourth-order valence-electron chi connectivity index (χ4n) is 0.0745. The zero-order chi connectivity index (χ0) is 5.91. The quantitative estimate of drug-likeness (QED) is 0.586. The maximum atomic E-state index is 10.2. The first-order chi connectivity index (χ1) is 3.12. The Labute approximate surface area is 46.3 Å². The van der Waals surface area contributed by atoms with Gasteiger partial charge in [-0.2, -0.15) is 0 Å². The van der Waals surface area contributed by atoms with Gasteiger partial charge in [-0.05, 0) is 17.6 Å². The van der Waals surface area contributed by atoms with Crippen LogP contribution < -0.4 is 0 Å². The monoisotopic (exact) mass is 142 g/mol. The second-order valence-corrected chi connectivity index (χ2v) is 4.98. The molecule has 0 saturated heterocycles. The van der Waals surface area contributed by atoms with Crippen molar-refractivity contribution >= 4 is 18.2 Å². The molecule has 0 fully saturated rings. The molecule has 0 aromatic heterocycles. The van der Waals surface area contributed by atoms with Crippen molar-refractivity contribution in [3.8, 4) is 0 Å². The van der Waals surface area contributed by atoms with Crippen LogP contribution >= 0.6 is 18.2 Å². The molecular formula is C2H7O3PS. The van der Waals surface area contributed by atoms with Crippen molar-refractivity contribution in [1.82, 2.24) is 0 Å². The van der Waals surface area contributed by atoms with E-state index >= 15 is 0 Å². The summed E-state index contributed by atoms with van der Waals surface area (Å²) >= 11 is 0.816. The van der Waals surface area contributed by atoms with E-state index in [0.717, 1.165) is 11.4 Å². The van der Waals surface area contributed by atoms with E-state index in [1.54, 1.807) is 0 Å². The molecule has 0 rings (SSSR count). The summed E-state index contributed by atoms with van der Waals surface area (Å²) in [6.07, 6.45) is 1.52. The van der Waals surface area contributed by atoms with E-state index in [9.17, 15) is 4.57 Å². The highest BCUT2D eigenvalue weighted by Gasteiger charge is 2.12. The first kappa shape index (κ1) is 7.50. The van der Waals surface area contributed by atoms with E-state index in [1.165, 1.54) is 13.4 Å². The molecule has 1 N–H and O–H groups in total. The van der Waals surface area contributed by atoms with Gasteiger partial charge in [0.15, 0.2) is 0 Å². The van der Waals surface area contributed by atoms with Gasteiger partial charge in [-0.3, -0.25) is 0 Å². The van der Waals surface area contributed by atoms with Gasteiger partial charge in [0.2, 0.25) is 0 Å². The van der Waals surface area contributed by atoms with Gasteiger partial charge in [-0.15, -0.1) is 0 Å². The van der Waals surface area contributed by atoms with Crippen LogP contribution in [0.2, 0.25) is 0 Å². The lowest BCUT2D eigenvalue weighted by Gasteiger charge is -2.00. The van der Waals surface area contributed by atoms with E-state index in [1.807, 2.05) is 0 Å². The van der Waals surface area contributed by atoms with E-state index in [0.29, 0.717) is 0 Å². The summed E-state index contributed by atoms with van der Waals surface area (Å²) in [5.74, 6) is 0. The topological polar surface area (TPSA) is 46.5 Å². The number of hydrogen-bond acceptors (Lipinski definition) is 3. The lowest BCUT2D eigenvalue weighted by molar-refractivity contribution is 0.336. The molecule has 0 radical (unpaired) electrons. The predicted molar refractivity (Wildman–Crippen MR) is 30.3 cm³/mol. The lowest BCUT2D eigenvalue weighted by atomic mass is 11.8. The minimum atomic E-state index is -3.24. The molecular weight excluding hydrogens is 135 g/mol. The average molecular weight is 142 g/mol. The number of rotatable bonds is 2. The van der Waals surface area contributed by atoms with Crippen molar-refractivity contribution < 1.29 is 14.0 Å². The molecule has 0 heterocycles. The number of hydrogen-bond donors (Lipinski definition) is 1. The molecule has 0 saturated carbocycles. The van der Waals surface area contributed by atoms with Crippen LogP contribution in [0.1, 0.15) is 0 Å². The zero-order valence-electron chi connectivity index (χ0n) is 4.12. The maximum absolute atomic E-state index is 10.2. The van der Waals surface area contributed by atoms with Gasteiger partial charge >= 0.3 is 6.80 Å². The van der Waals surface area contributed by atoms with Crippen molar-refractivity contribution in [3.63, 3.8) is 0 Å². The minimum Gasteiger partial charge on any atom is -0.316 e. The fraction of sp³-hybridized carbons (Fsp3) is 1.00. The van der Waals surface area contributed by atoms with Gasteiger partial charge in [0, 0.05) is 7.11 Å². The van der Waals surface area contributed by atoms with Gasteiger partial charge in [0.05, 0.1) is 0 Å². The Bertz CT molecular complexity index is 84.9. The van der Waals surface area contributed by atoms with Crippen LogP contribution in [0.5, 0.6) is 0 Å². The Morgan fingerprint density at radius 2 is 2.29 bits per heavy atom. The summed E-state index contributed by atoms with van der Waals surface area (Å²) in [6, 6.07) is 0. The van der Waals surface area contributed by atoms with E-state index in [-0.39, 0.29) is 0 Å². The van der Waals surface area contributed by atoms with Gasteiger partial charge < -0.3 is 9.42 Å². The predicted octanol–water partition coefficient (Wildman–Crippen LogP) is 1.10. The van der Waals surface area contributed by atoms with E-state index in [4.69, 9.17) is 4.89 Å². The second kappa shape index (κ2) is 2.72. The van der Waals surface area contributed by atoms with E-state index < -0.39 is 6.80 Å². The highest BCUT2D eigenvalue weighted by molar-refractivity contribution is 8.54. The SMILES string of the molecule is COP(=O)(O)SC. The second-order valence-electron chi connectivity index (χ2n) is 0.834. The smallest absolute Gasteiger partial charge is 0.316 e. The molecule has 1 unspecified atom stereocenters. The molecule has 0 aromatic carbocycles. The van der Waals surface area contributed by atoms with Crippen LogP contribution in [0.3, 0.4) is 0 Å². The summed E-state index contributed by atoms with van der Waals surface area (Å²) in [7, 11) is 1.21. The molecule has 0 aromatic rings. The van der Waals surface area contributed by atoms with Crippen molar-refractivity contribution in [2.24, 2.45) is 0 Å². The Kier molecular flexibility index (Phi) is 2.92. The van der Waals surface area contributed by atoms with Crippen LogP contribution in [-0.2, 0) is 9.09 Å². The van der Waals surface area contributed by atoms with Crippen molar-refractivity contribution in [2.45, 2.75) is 0 Å². The summed E-state index contributed by atoms with van der Waals surface area (Å²) < 4.78 is 14.4. The molecule has 44 valence electrons. The molecule has 0 spiro atoms. The van der Waals surface area contributed by atoms with Crippen LogP contribution in [0.15, 0.2) is 0 Å². The normalized spacial score (nSPS) is 18.7. The van der Waals surface area contributed by atoms with Crippen molar-refractivity contribution in [2.75, 3.05) is 13.4 Å². The third kappa shape index (κ3) is 3.12. The molecule has 3 nitrogen and oxygen atoms in total. The fourth-order valence-corrected chi connectivity index (χ4v) is 0.671. The molecule has 1 atom stereocenters. The van der Waals surface area contributed by atoms with E-state index in [2.05, 4.69) is 4.52 Å². The van der Waals surface area contributed by atoms with Crippen molar-refractivity contribution in [3.05, 3.63) is 0 Å². The Balaban J connectivity index is 3.61. The Hall–Kier alpha value is 0.500. The first-order valence-corrected chi connectivity index (χ1v) is 4.97. The van der Waals surface area contributed by atoms with Gasteiger partial charge in [-0.1, -0.05) is 0 Å². The summed E-state index contributed by atoms with van der Waals surface area (Å²) in [5.41, 5.74) is 0. The summed E-state index contributed by atoms with van der Waals surface area (Å²) in [4.78, 5) is 8.43. The standard InChI is InChI=1S/C2H7O3PS/c1-5-6(3,4)7-2/h1-2H3,(H,3,4). The van der Waals surface area contributed by atoms with Crippen molar-refractivity contribution in [1.29, 1.82) is 0 Å². The molecule has 7 heavy (non-hydrogen) atoms. The Morgan fingerprint density at radius 1 is 1.86 bits per heavy atom. The minimum absolute atomic E-state index is 0.816. The van der Waals surface area contributed by atoms with Crippen LogP contribution in [0, 0.1) is 0 Å². The van der Waals surface area contributed by atoms with Gasteiger partial charge in [0.25, 0.3) is 0 Å². The summed E-state index contributed by atoms with van der Waals surface area (Å²) in [5, 5.41) is 0. The maximum Gasteiger partial charge on any atom is 0.386 e. The molecule has 5 heteroatoms. The molecule has 0 aliphatic carbocycles. The first-order valence-electron chi connectivity index (χ1n) is 1.56. The lowest BCUT2D eigenvalue weighted by Crippen LogP contribution is -1.73. The van der Waals surface area contributed by atoms with Gasteiger partial charge in [0.1, 0.15) is 0 Å². The molecule has 0 bridgehead atoms. The molecule has 0 amide bonds. The highest BCUT2D eigenvalue weighted by atomic mass is 32.7. The Morgan fingerprint density at radius 3 is 2.29 bits per heavy atom. The van der Waals surface area contributed by atoms with Crippen LogP contribution in [0.25, 0.3) is 0 Å². The third-order valence-corrected chi connectivity index (χ3v) is 3.22.